The van der Waals surface area contributed by atoms with E-state index in [1.165, 1.54) is 6.92 Å². The molecule has 0 heterocycles. The van der Waals surface area contributed by atoms with Crippen LogP contribution in [-0.4, -0.2) is 16.0 Å². The predicted octanol–water partition coefficient (Wildman–Crippen LogP) is 2.13. The molecule has 1 unspecified atom stereocenters. The summed E-state index contributed by atoms with van der Waals surface area (Å²) in [6.07, 6.45) is 1.95. The summed E-state index contributed by atoms with van der Waals surface area (Å²) >= 11 is 0. The van der Waals surface area contributed by atoms with Crippen LogP contribution in [0.4, 0.5) is 4.39 Å². The van der Waals surface area contributed by atoms with Crippen LogP contribution < -0.4 is 0 Å². The van der Waals surface area contributed by atoms with Gasteiger partial charge in [-0.1, -0.05) is 6.92 Å². The van der Waals surface area contributed by atoms with Crippen LogP contribution in [0.3, 0.4) is 0 Å². The zero-order chi connectivity index (χ0) is 12.0. The molecule has 0 aliphatic carbocycles. The van der Waals surface area contributed by atoms with Gasteiger partial charge < -0.3 is 5.11 Å². The second-order valence-corrected chi connectivity index (χ2v) is 2.88. The fraction of sp³-hybridized carbons (Fsp3) is 0.444. The van der Waals surface area contributed by atoms with Crippen molar-refractivity contribution in [2.75, 3.05) is 0 Å². The largest absolute Gasteiger partial charge is 0.481 e. The van der Waals surface area contributed by atoms with Crippen molar-refractivity contribution in [3.05, 3.63) is 33.8 Å². The Balaban J connectivity index is 4.76. The van der Waals surface area contributed by atoms with Crippen molar-refractivity contribution in [3.63, 3.8) is 0 Å². The number of carboxylic acid groups (broad SMARTS) is 1. The van der Waals surface area contributed by atoms with Crippen LogP contribution in [-0.2, 0) is 4.79 Å². The zero-order valence-electron chi connectivity index (χ0n) is 8.44. The molecule has 15 heavy (non-hydrogen) atoms. The summed E-state index contributed by atoms with van der Waals surface area (Å²) in [6, 6.07) is 0. The minimum absolute atomic E-state index is 0.151. The number of carboxylic acids is 1. The lowest BCUT2D eigenvalue weighted by Crippen LogP contribution is -2.09. The van der Waals surface area contributed by atoms with Gasteiger partial charge in [-0.05, 0) is 13.0 Å². The molecule has 0 aromatic heterocycles. The monoisotopic (exact) mass is 217 g/mol. The van der Waals surface area contributed by atoms with Gasteiger partial charge in [-0.2, -0.15) is 0 Å². The van der Waals surface area contributed by atoms with E-state index in [4.69, 9.17) is 5.11 Å². The Hall–Kier alpha value is -1.72. The van der Waals surface area contributed by atoms with E-state index in [9.17, 15) is 19.3 Å². The molecule has 0 bridgehead atoms. The minimum Gasteiger partial charge on any atom is -0.481 e. The maximum atomic E-state index is 13.0. The van der Waals surface area contributed by atoms with Crippen molar-refractivity contribution in [3.8, 4) is 0 Å². The molecule has 0 saturated carbocycles. The van der Waals surface area contributed by atoms with Crippen LogP contribution in [0.25, 0.3) is 0 Å². The molecule has 0 saturated heterocycles. The first-order valence-corrected chi connectivity index (χ1v) is 4.33. The van der Waals surface area contributed by atoms with Gasteiger partial charge in [0.1, 0.15) is 11.7 Å². The second kappa shape index (κ2) is 5.90. The van der Waals surface area contributed by atoms with E-state index in [2.05, 4.69) is 0 Å². The van der Waals surface area contributed by atoms with Gasteiger partial charge in [0, 0.05) is 12.5 Å². The van der Waals surface area contributed by atoms with Gasteiger partial charge >= 0.3 is 5.97 Å². The summed E-state index contributed by atoms with van der Waals surface area (Å²) in [5.41, 5.74) is -0.164. The first-order chi connectivity index (χ1) is 6.90. The van der Waals surface area contributed by atoms with Crippen LogP contribution in [0.15, 0.2) is 23.7 Å². The smallest absolute Gasteiger partial charge is 0.313 e. The number of aliphatic carboxylic acids is 1. The maximum Gasteiger partial charge on any atom is 0.313 e. The summed E-state index contributed by atoms with van der Waals surface area (Å²) in [5, 5.41) is 18.8. The van der Waals surface area contributed by atoms with Crippen molar-refractivity contribution in [2.45, 2.75) is 20.3 Å². The molecule has 84 valence electrons. The number of hydrogen-bond acceptors (Lipinski definition) is 3. The highest BCUT2D eigenvalue weighted by Crippen LogP contribution is 2.13. The molecule has 0 radical (unpaired) electrons. The molecule has 0 amide bonds. The number of hydrogen-bond donors (Lipinski definition) is 1. The quantitative estimate of drug-likeness (QED) is 0.434. The Morgan fingerprint density at radius 3 is 2.47 bits per heavy atom. The average Bonchev–Trinajstić information content (AvgIpc) is 2.16. The zero-order valence-corrected chi connectivity index (χ0v) is 8.44. The Bertz CT molecular complexity index is 322. The lowest BCUT2D eigenvalue weighted by atomic mass is 10.1. The summed E-state index contributed by atoms with van der Waals surface area (Å²) in [4.78, 5) is 20.0. The van der Waals surface area contributed by atoms with Crippen molar-refractivity contribution in [1.82, 2.24) is 0 Å². The van der Waals surface area contributed by atoms with Gasteiger partial charge in [-0.15, -0.1) is 0 Å². The van der Waals surface area contributed by atoms with Crippen molar-refractivity contribution in [2.24, 2.45) is 5.92 Å². The fourth-order valence-electron chi connectivity index (χ4n) is 0.746. The maximum absolute atomic E-state index is 13.0. The molecule has 0 aliphatic heterocycles. The Morgan fingerprint density at radius 2 is 2.13 bits per heavy atom. The number of rotatable bonds is 5. The molecule has 0 aromatic rings. The van der Waals surface area contributed by atoms with Gasteiger partial charge in [-0.3, -0.25) is 14.9 Å². The molecular weight excluding hydrogens is 205 g/mol. The van der Waals surface area contributed by atoms with Crippen LogP contribution >= 0.6 is 0 Å². The van der Waals surface area contributed by atoms with Crippen LogP contribution in [0.1, 0.15) is 20.3 Å². The Morgan fingerprint density at radius 1 is 1.60 bits per heavy atom. The van der Waals surface area contributed by atoms with E-state index in [0.717, 1.165) is 12.2 Å². The molecule has 1 N–H and O–H groups in total. The highest BCUT2D eigenvalue weighted by molar-refractivity contribution is 5.72. The standard InChI is InChI=1S/C9H12FNO4/c1-3-7(11(14)15)4-5-8(10)6(2)9(12)13/h4-6H,3H2,1-2H3,(H,12,13)/b7-4+,8-5+. The summed E-state index contributed by atoms with van der Waals surface area (Å²) in [5.74, 6) is -3.50. The summed E-state index contributed by atoms with van der Waals surface area (Å²) in [7, 11) is 0. The van der Waals surface area contributed by atoms with Gasteiger partial charge in [0.05, 0.1) is 4.92 Å². The van der Waals surface area contributed by atoms with Crippen molar-refractivity contribution in [1.29, 1.82) is 0 Å². The van der Waals surface area contributed by atoms with E-state index in [-0.39, 0.29) is 12.1 Å². The number of halogens is 1. The number of carbonyl (C=O) groups is 1. The van der Waals surface area contributed by atoms with Gasteiger partial charge in [-0.25, -0.2) is 4.39 Å². The third-order valence-corrected chi connectivity index (χ3v) is 1.82. The van der Waals surface area contributed by atoms with E-state index in [1.54, 1.807) is 6.92 Å². The van der Waals surface area contributed by atoms with E-state index >= 15 is 0 Å². The van der Waals surface area contributed by atoms with E-state index in [0.29, 0.717) is 0 Å². The van der Waals surface area contributed by atoms with E-state index < -0.39 is 22.6 Å². The predicted molar refractivity (Wildman–Crippen MR) is 51.4 cm³/mol. The van der Waals surface area contributed by atoms with Gasteiger partial charge in [0.15, 0.2) is 0 Å². The molecule has 0 fully saturated rings. The third-order valence-electron chi connectivity index (χ3n) is 1.82. The normalized spacial score (nSPS) is 14.9. The molecule has 0 aliphatic rings. The lowest BCUT2D eigenvalue weighted by Gasteiger charge is -2.00. The molecule has 1 atom stereocenters. The van der Waals surface area contributed by atoms with Crippen molar-refractivity contribution >= 4 is 5.97 Å². The summed E-state index contributed by atoms with van der Waals surface area (Å²) in [6.45, 7) is 2.72. The van der Waals surface area contributed by atoms with Crippen molar-refractivity contribution < 1.29 is 19.2 Å². The third kappa shape index (κ3) is 4.35. The van der Waals surface area contributed by atoms with Crippen LogP contribution in [0, 0.1) is 16.0 Å². The SMILES string of the molecule is CC/C(=C\C=C(\F)C(C)C(=O)O)[N+](=O)[O-]. The highest BCUT2D eigenvalue weighted by Gasteiger charge is 2.16. The molecule has 0 spiro atoms. The fourth-order valence-corrected chi connectivity index (χ4v) is 0.746. The summed E-state index contributed by atoms with van der Waals surface area (Å²) < 4.78 is 13.0. The lowest BCUT2D eigenvalue weighted by molar-refractivity contribution is -0.427. The van der Waals surface area contributed by atoms with Crippen LogP contribution in [0.2, 0.25) is 0 Å². The Labute approximate surface area is 86.1 Å². The average molecular weight is 217 g/mol. The van der Waals surface area contributed by atoms with Gasteiger partial charge in [0.25, 0.3) is 0 Å². The molecular formula is C9H12FNO4. The topological polar surface area (TPSA) is 80.4 Å². The van der Waals surface area contributed by atoms with Gasteiger partial charge in [0.2, 0.25) is 5.70 Å². The number of nitrogens with zero attached hydrogens (tertiary/aromatic N) is 1. The first kappa shape index (κ1) is 13.3. The minimum atomic E-state index is -1.31. The second-order valence-electron chi connectivity index (χ2n) is 2.88. The molecule has 6 heteroatoms. The number of allylic oxidation sites excluding steroid dienone is 3. The number of nitro groups is 1. The molecule has 5 nitrogen and oxygen atoms in total. The molecule has 0 aromatic carbocycles. The Kier molecular flexibility index (Phi) is 5.22. The van der Waals surface area contributed by atoms with Crippen LogP contribution in [0.5, 0.6) is 0 Å². The van der Waals surface area contributed by atoms with E-state index in [1.807, 2.05) is 0 Å². The first-order valence-electron chi connectivity index (χ1n) is 4.33. The molecule has 0 rings (SSSR count). The highest BCUT2D eigenvalue weighted by atomic mass is 19.1.